The van der Waals surface area contributed by atoms with E-state index in [0.717, 1.165) is 31.8 Å². The van der Waals surface area contributed by atoms with Crippen LogP contribution in [0.15, 0.2) is 0 Å². The molecule has 0 aromatic carbocycles. The minimum absolute atomic E-state index is 0. The minimum Gasteiger partial charge on any atom is -0.351 e. The standard InChI is InChI=1S/C14H25N3O2.ClH/c18-13(6-5-11-3-1-2-4-11)16-10-14(19)17-12-7-8-15-9-12;/h11-12,15H,1-10H2,(H,16,18)(H,17,19);1H. The highest BCUT2D eigenvalue weighted by Gasteiger charge is 2.18. The zero-order valence-electron chi connectivity index (χ0n) is 12.0. The molecule has 0 aromatic rings. The monoisotopic (exact) mass is 303 g/mol. The van der Waals surface area contributed by atoms with E-state index in [1.807, 2.05) is 0 Å². The Bertz CT molecular complexity index is 314. The van der Waals surface area contributed by atoms with Gasteiger partial charge in [0.2, 0.25) is 11.8 Å². The highest BCUT2D eigenvalue weighted by Crippen LogP contribution is 2.28. The van der Waals surface area contributed by atoms with Crippen LogP contribution in [0.25, 0.3) is 0 Å². The van der Waals surface area contributed by atoms with Crippen LogP contribution in [0.3, 0.4) is 0 Å². The van der Waals surface area contributed by atoms with Gasteiger partial charge in [-0.05, 0) is 25.3 Å². The maximum atomic E-state index is 11.6. The third kappa shape index (κ3) is 6.09. The third-order valence-corrected chi connectivity index (χ3v) is 4.13. The van der Waals surface area contributed by atoms with Crippen molar-refractivity contribution in [2.24, 2.45) is 5.92 Å². The van der Waals surface area contributed by atoms with Gasteiger partial charge in [0.1, 0.15) is 0 Å². The van der Waals surface area contributed by atoms with E-state index < -0.39 is 0 Å². The Morgan fingerprint density at radius 2 is 1.85 bits per heavy atom. The van der Waals surface area contributed by atoms with E-state index in [1.54, 1.807) is 0 Å². The molecule has 0 bridgehead atoms. The van der Waals surface area contributed by atoms with Crippen molar-refractivity contribution >= 4 is 24.2 Å². The number of carbonyl (C=O) groups is 2. The molecule has 1 aliphatic carbocycles. The van der Waals surface area contributed by atoms with Gasteiger partial charge < -0.3 is 16.0 Å². The Morgan fingerprint density at radius 3 is 2.50 bits per heavy atom. The second-order valence-corrected chi connectivity index (χ2v) is 5.72. The molecule has 0 aromatic heterocycles. The first-order valence-electron chi connectivity index (χ1n) is 7.51. The zero-order valence-corrected chi connectivity index (χ0v) is 12.8. The van der Waals surface area contributed by atoms with Gasteiger partial charge in [0.05, 0.1) is 6.54 Å². The van der Waals surface area contributed by atoms with Crippen LogP contribution in [0, 0.1) is 5.92 Å². The normalized spacial score (nSPS) is 22.3. The predicted molar refractivity (Wildman–Crippen MR) is 80.9 cm³/mol. The van der Waals surface area contributed by atoms with Crippen LogP contribution in [0.5, 0.6) is 0 Å². The number of amides is 2. The van der Waals surface area contributed by atoms with Crippen LogP contribution in [0.2, 0.25) is 0 Å². The van der Waals surface area contributed by atoms with E-state index in [1.165, 1.54) is 25.7 Å². The fourth-order valence-corrected chi connectivity index (χ4v) is 2.96. The van der Waals surface area contributed by atoms with Gasteiger partial charge in [0.25, 0.3) is 0 Å². The van der Waals surface area contributed by atoms with Gasteiger partial charge in [-0.1, -0.05) is 25.7 Å². The van der Waals surface area contributed by atoms with Gasteiger partial charge in [-0.25, -0.2) is 0 Å². The van der Waals surface area contributed by atoms with Crippen molar-refractivity contribution in [1.82, 2.24) is 16.0 Å². The molecule has 2 rings (SSSR count). The predicted octanol–water partition coefficient (Wildman–Crippen LogP) is 0.973. The van der Waals surface area contributed by atoms with Crippen molar-refractivity contribution in [3.63, 3.8) is 0 Å². The quantitative estimate of drug-likeness (QED) is 0.685. The molecule has 2 amide bonds. The fourth-order valence-electron chi connectivity index (χ4n) is 2.96. The molecule has 2 aliphatic rings. The van der Waals surface area contributed by atoms with Crippen molar-refractivity contribution in [1.29, 1.82) is 0 Å². The Kier molecular flexibility index (Phi) is 7.92. The molecular formula is C14H26ClN3O2. The van der Waals surface area contributed by atoms with Gasteiger partial charge in [0.15, 0.2) is 0 Å². The average molecular weight is 304 g/mol. The van der Waals surface area contributed by atoms with Gasteiger partial charge in [-0.3, -0.25) is 9.59 Å². The summed E-state index contributed by atoms with van der Waals surface area (Å²) in [5.41, 5.74) is 0. The summed E-state index contributed by atoms with van der Waals surface area (Å²) in [6.07, 6.45) is 7.66. The third-order valence-electron chi connectivity index (χ3n) is 4.13. The molecule has 0 spiro atoms. The first kappa shape index (κ1) is 17.2. The Hall–Kier alpha value is -0.810. The van der Waals surface area contributed by atoms with Crippen molar-refractivity contribution in [2.45, 2.75) is 51.0 Å². The van der Waals surface area contributed by atoms with Gasteiger partial charge in [-0.2, -0.15) is 0 Å². The van der Waals surface area contributed by atoms with Crippen LogP contribution in [0.4, 0.5) is 0 Å². The fraction of sp³-hybridized carbons (Fsp3) is 0.857. The highest BCUT2D eigenvalue weighted by atomic mass is 35.5. The molecule has 1 unspecified atom stereocenters. The average Bonchev–Trinajstić information content (AvgIpc) is 3.06. The van der Waals surface area contributed by atoms with E-state index in [9.17, 15) is 9.59 Å². The number of nitrogens with one attached hydrogen (secondary N) is 3. The molecule has 20 heavy (non-hydrogen) atoms. The van der Waals surface area contributed by atoms with Crippen LogP contribution in [-0.2, 0) is 9.59 Å². The summed E-state index contributed by atoms with van der Waals surface area (Å²) in [7, 11) is 0. The minimum atomic E-state index is -0.0806. The van der Waals surface area contributed by atoms with E-state index >= 15 is 0 Å². The summed E-state index contributed by atoms with van der Waals surface area (Å²) < 4.78 is 0. The Balaban J connectivity index is 0.00000200. The Labute approximate surface area is 127 Å². The first-order valence-corrected chi connectivity index (χ1v) is 7.51. The summed E-state index contributed by atoms with van der Waals surface area (Å²) in [4.78, 5) is 23.2. The molecule has 1 saturated carbocycles. The molecule has 1 atom stereocenters. The van der Waals surface area contributed by atoms with Crippen molar-refractivity contribution in [3.05, 3.63) is 0 Å². The maximum absolute atomic E-state index is 11.6. The molecule has 116 valence electrons. The number of hydrogen-bond acceptors (Lipinski definition) is 3. The lowest BCUT2D eigenvalue weighted by molar-refractivity contribution is -0.126. The van der Waals surface area contributed by atoms with Gasteiger partial charge >= 0.3 is 0 Å². The smallest absolute Gasteiger partial charge is 0.239 e. The molecule has 3 N–H and O–H groups in total. The molecule has 5 nitrogen and oxygen atoms in total. The van der Waals surface area contributed by atoms with Crippen molar-refractivity contribution < 1.29 is 9.59 Å². The summed E-state index contributed by atoms with van der Waals surface area (Å²) in [5.74, 6) is 0.652. The number of hydrogen-bond donors (Lipinski definition) is 3. The number of halogens is 1. The lowest BCUT2D eigenvalue weighted by Crippen LogP contribution is -2.42. The van der Waals surface area contributed by atoms with E-state index in [2.05, 4.69) is 16.0 Å². The van der Waals surface area contributed by atoms with E-state index in [4.69, 9.17) is 0 Å². The summed E-state index contributed by atoms with van der Waals surface area (Å²) in [5, 5.41) is 8.82. The first-order chi connectivity index (χ1) is 9.24. The number of carbonyl (C=O) groups excluding carboxylic acids is 2. The van der Waals surface area contributed by atoms with Crippen molar-refractivity contribution in [2.75, 3.05) is 19.6 Å². The summed E-state index contributed by atoms with van der Waals surface area (Å²) >= 11 is 0. The largest absolute Gasteiger partial charge is 0.351 e. The SMILES string of the molecule is Cl.O=C(CCC1CCCC1)NCC(=O)NC1CCNC1. The van der Waals surface area contributed by atoms with Gasteiger partial charge in [0, 0.05) is 19.0 Å². The van der Waals surface area contributed by atoms with Crippen LogP contribution >= 0.6 is 12.4 Å². The highest BCUT2D eigenvalue weighted by molar-refractivity contribution is 5.85. The molecule has 0 radical (unpaired) electrons. The maximum Gasteiger partial charge on any atom is 0.239 e. The molecule has 6 heteroatoms. The van der Waals surface area contributed by atoms with Crippen LogP contribution in [0.1, 0.15) is 44.9 Å². The topological polar surface area (TPSA) is 70.2 Å². The lowest BCUT2D eigenvalue weighted by Gasteiger charge is -2.12. The van der Waals surface area contributed by atoms with E-state index in [-0.39, 0.29) is 36.8 Å². The molecule has 1 aliphatic heterocycles. The second-order valence-electron chi connectivity index (χ2n) is 5.72. The van der Waals surface area contributed by atoms with E-state index in [0.29, 0.717) is 6.42 Å². The molecule has 2 fully saturated rings. The molecule has 1 saturated heterocycles. The van der Waals surface area contributed by atoms with Crippen molar-refractivity contribution in [3.8, 4) is 0 Å². The summed E-state index contributed by atoms with van der Waals surface area (Å²) in [6, 6.07) is 0.225. The second kappa shape index (κ2) is 9.19. The number of rotatable bonds is 6. The molecule has 1 heterocycles. The summed E-state index contributed by atoms with van der Waals surface area (Å²) in [6.45, 7) is 1.90. The lowest BCUT2D eigenvalue weighted by atomic mass is 10.0. The Morgan fingerprint density at radius 1 is 1.10 bits per heavy atom. The zero-order chi connectivity index (χ0) is 13.5. The van der Waals surface area contributed by atoms with Gasteiger partial charge in [-0.15, -0.1) is 12.4 Å². The molecular weight excluding hydrogens is 278 g/mol. The van der Waals surface area contributed by atoms with Crippen LogP contribution < -0.4 is 16.0 Å². The van der Waals surface area contributed by atoms with Crippen LogP contribution in [-0.4, -0.2) is 37.5 Å².